The zero-order valence-corrected chi connectivity index (χ0v) is 14.4. The molecule has 4 heteroatoms. The summed E-state index contributed by atoms with van der Waals surface area (Å²) in [6, 6.07) is 13.7. The highest BCUT2D eigenvalue weighted by atomic mass is 35.5. The zero-order chi connectivity index (χ0) is 15.9. The van der Waals surface area contributed by atoms with E-state index in [0.717, 1.165) is 27.5 Å². The highest BCUT2D eigenvalue weighted by Gasteiger charge is 2.09. The van der Waals surface area contributed by atoms with Gasteiger partial charge >= 0.3 is 0 Å². The predicted molar refractivity (Wildman–Crippen MR) is 95.7 cm³/mol. The maximum Gasteiger partial charge on any atom is 0.138 e. The zero-order valence-electron chi connectivity index (χ0n) is 12.1. The summed E-state index contributed by atoms with van der Waals surface area (Å²) >= 11 is 18.3. The van der Waals surface area contributed by atoms with Crippen LogP contribution < -0.4 is 4.74 Å². The fourth-order valence-corrected chi connectivity index (χ4v) is 3.10. The number of rotatable bonds is 2. The van der Waals surface area contributed by atoms with E-state index in [4.69, 9.17) is 39.5 Å². The molecule has 0 N–H and O–H groups in total. The molecule has 0 spiro atoms. The molecule has 1 nitrogen and oxygen atoms in total. The van der Waals surface area contributed by atoms with Gasteiger partial charge in [0.15, 0.2) is 0 Å². The fourth-order valence-electron chi connectivity index (χ4n) is 2.55. The molecule has 0 aliphatic carbocycles. The summed E-state index contributed by atoms with van der Waals surface area (Å²) in [5, 5.41) is 3.87. The van der Waals surface area contributed by atoms with E-state index in [1.54, 1.807) is 13.2 Å². The highest BCUT2D eigenvalue weighted by Crippen LogP contribution is 2.35. The van der Waals surface area contributed by atoms with E-state index in [-0.39, 0.29) is 0 Å². The van der Waals surface area contributed by atoms with Crippen LogP contribution in [0.15, 0.2) is 42.5 Å². The summed E-state index contributed by atoms with van der Waals surface area (Å²) in [7, 11) is 1.62. The lowest BCUT2D eigenvalue weighted by atomic mass is 9.97. The number of methoxy groups -OCH3 is 1. The van der Waals surface area contributed by atoms with Crippen molar-refractivity contribution in [1.29, 1.82) is 0 Å². The third-order valence-electron chi connectivity index (χ3n) is 3.68. The Hall–Kier alpha value is -1.41. The summed E-state index contributed by atoms with van der Waals surface area (Å²) in [4.78, 5) is 0. The first kappa shape index (κ1) is 15.5. The van der Waals surface area contributed by atoms with Gasteiger partial charge in [0.05, 0.1) is 22.2 Å². The van der Waals surface area contributed by atoms with Crippen molar-refractivity contribution in [2.24, 2.45) is 0 Å². The quantitative estimate of drug-likeness (QED) is 0.494. The van der Waals surface area contributed by atoms with Crippen LogP contribution in [0.25, 0.3) is 21.9 Å². The predicted octanol–water partition coefficient (Wildman–Crippen LogP) is 6.78. The van der Waals surface area contributed by atoms with E-state index in [1.807, 2.05) is 24.3 Å². The summed E-state index contributed by atoms with van der Waals surface area (Å²) in [5.74, 6) is 0.680. The minimum Gasteiger partial charge on any atom is -0.495 e. The second-order valence-electron chi connectivity index (χ2n) is 5.13. The number of halogens is 3. The molecule has 0 saturated heterocycles. The molecule has 22 heavy (non-hydrogen) atoms. The Morgan fingerprint density at radius 2 is 1.55 bits per heavy atom. The molecular formula is C18H13Cl3O. The Morgan fingerprint density at radius 1 is 0.773 bits per heavy atom. The van der Waals surface area contributed by atoms with Crippen LogP contribution in [0.2, 0.25) is 15.1 Å². The minimum absolute atomic E-state index is 0.546. The van der Waals surface area contributed by atoms with Crippen LogP contribution in [-0.2, 0) is 0 Å². The summed E-state index contributed by atoms with van der Waals surface area (Å²) < 4.78 is 5.29. The molecule has 0 radical (unpaired) electrons. The van der Waals surface area contributed by atoms with Gasteiger partial charge in [0.25, 0.3) is 0 Å². The van der Waals surface area contributed by atoms with E-state index in [2.05, 4.69) is 19.1 Å². The average Bonchev–Trinajstić information content (AvgIpc) is 2.49. The maximum absolute atomic E-state index is 6.24. The van der Waals surface area contributed by atoms with Crippen molar-refractivity contribution < 1.29 is 4.74 Å². The molecule has 0 unspecified atom stereocenters. The number of benzene rings is 3. The topological polar surface area (TPSA) is 9.23 Å². The molecule has 0 amide bonds. The Balaban J connectivity index is 2.22. The van der Waals surface area contributed by atoms with Crippen molar-refractivity contribution in [2.75, 3.05) is 7.11 Å². The molecule has 0 fully saturated rings. The van der Waals surface area contributed by atoms with E-state index in [0.29, 0.717) is 20.8 Å². The first-order chi connectivity index (χ1) is 10.5. The molecule has 112 valence electrons. The first-order valence-corrected chi connectivity index (χ1v) is 7.86. The van der Waals surface area contributed by atoms with Crippen LogP contribution in [0.3, 0.4) is 0 Å². The van der Waals surface area contributed by atoms with Crippen LogP contribution >= 0.6 is 34.8 Å². The van der Waals surface area contributed by atoms with Crippen LogP contribution in [0.5, 0.6) is 5.75 Å². The monoisotopic (exact) mass is 350 g/mol. The molecule has 0 aliphatic rings. The third-order valence-corrected chi connectivity index (χ3v) is 4.72. The molecule has 0 aliphatic heterocycles. The second kappa shape index (κ2) is 6.00. The lowest BCUT2D eigenvalue weighted by Crippen LogP contribution is -1.88. The standard InChI is InChI=1S/C18H13Cl3O/c1-10-5-12(11-3-4-15(19)16(20)7-11)6-13-8-17(21)18(22-2)9-14(10)13/h3-9H,1-2H3. The summed E-state index contributed by atoms with van der Waals surface area (Å²) in [5.41, 5.74) is 3.24. The molecule has 0 heterocycles. The van der Waals surface area contributed by atoms with Gasteiger partial charge < -0.3 is 4.74 Å². The van der Waals surface area contributed by atoms with E-state index in [9.17, 15) is 0 Å². The molecule has 0 saturated carbocycles. The van der Waals surface area contributed by atoms with Crippen LogP contribution in [-0.4, -0.2) is 7.11 Å². The van der Waals surface area contributed by atoms with Crippen molar-refractivity contribution in [3.8, 4) is 16.9 Å². The number of hydrogen-bond acceptors (Lipinski definition) is 1. The van der Waals surface area contributed by atoms with E-state index in [1.165, 1.54) is 0 Å². The van der Waals surface area contributed by atoms with Crippen molar-refractivity contribution in [2.45, 2.75) is 6.92 Å². The van der Waals surface area contributed by atoms with Gasteiger partial charge in [0, 0.05) is 0 Å². The van der Waals surface area contributed by atoms with Gasteiger partial charge in [-0.1, -0.05) is 46.9 Å². The Labute approximate surface area is 144 Å². The van der Waals surface area contributed by atoms with Crippen LogP contribution in [0.1, 0.15) is 5.56 Å². The Morgan fingerprint density at radius 3 is 2.23 bits per heavy atom. The average molecular weight is 352 g/mol. The molecule has 3 rings (SSSR count). The number of ether oxygens (including phenoxy) is 1. The van der Waals surface area contributed by atoms with Crippen molar-refractivity contribution >= 4 is 45.6 Å². The number of aryl methyl sites for hydroxylation is 1. The molecule has 0 aromatic heterocycles. The van der Waals surface area contributed by atoms with Crippen LogP contribution in [0, 0.1) is 6.92 Å². The van der Waals surface area contributed by atoms with Gasteiger partial charge in [-0.15, -0.1) is 0 Å². The minimum atomic E-state index is 0.546. The van der Waals surface area contributed by atoms with E-state index < -0.39 is 0 Å². The first-order valence-electron chi connectivity index (χ1n) is 6.73. The van der Waals surface area contributed by atoms with Crippen molar-refractivity contribution in [3.05, 3.63) is 63.1 Å². The van der Waals surface area contributed by atoms with Gasteiger partial charge in [-0.05, 0) is 64.7 Å². The van der Waals surface area contributed by atoms with Gasteiger partial charge in [-0.2, -0.15) is 0 Å². The van der Waals surface area contributed by atoms with Gasteiger partial charge in [0.1, 0.15) is 5.75 Å². The van der Waals surface area contributed by atoms with Gasteiger partial charge in [-0.3, -0.25) is 0 Å². The third kappa shape index (κ3) is 2.77. The molecule has 3 aromatic carbocycles. The maximum atomic E-state index is 6.24. The Bertz CT molecular complexity index is 872. The van der Waals surface area contributed by atoms with E-state index >= 15 is 0 Å². The van der Waals surface area contributed by atoms with Crippen molar-refractivity contribution in [1.82, 2.24) is 0 Å². The van der Waals surface area contributed by atoms with Crippen LogP contribution in [0.4, 0.5) is 0 Å². The summed E-state index contributed by atoms with van der Waals surface area (Å²) in [6.45, 7) is 2.07. The molecular weight excluding hydrogens is 339 g/mol. The highest BCUT2D eigenvalue weighted by molar-refractivity contribution is 6.42. The summed E-state index contributed by atoms with van der Waals surface area (Å²) in [6.07, 6.45) is 0. The molecule has 0 bridgehead atoms. The molecule has 0 atom stereocenters. The largest absolute Gasteiger partial charge is 0.495 e. The van der Waals surface area contributed by atoms with Gasteiger partial charge in [0.2, 0.25) is 0 Å². The normalized spacial score (nSPS) is 11.0. The molecule has 3 aromatic rings. The second-order valence-corrected chi connectivity index (χ2v) is 6.35. The lowest BCUT2D eigenvalue weighted by molar-refractivity contribution is 0.415. The SMILES string of the molecule is COc1cc2c(C)cc(-c3ccc(Cl)c(Cl)c3)cc2cc1Cl. The number of hydrogen-bond donors (Lipinski definition) is 0. The smallest absolute Gasteiger partial charge is 0.138 e. The van der Waals surface area contributed by atoms with Gasteiger partial charge in [-0.25, -0.2) is 0 Å². The van der Waals surface area contributed by atoms with Crippen molar-refractivity contribution in [3.63, 3.8) is 0 Å². The fraction of sp³-hybridized carbons (Fsp3) is 0.111. The Kier molecular flexibility index (Phi) is 4.22. The number of fused-ring (bicyclic) bond motifs is 1. The lowest BCUT2D eigenvalue weighted by Gasteiger charge is -2.11.